The smallest absolute Gasteiger partial charge is 0.270 e. The Kier molecular flexibility index (Phi) is 4.98. The van der Waals surface area contributed by atoms with Crippen molar-refractivity contribution < 1.29 is 9.18 Å². The normalized spacial score (nSPS) is 9.95. The molecule has 1 heterocycles. The van der Waals surface area contributed by atoms with Crippen LogP contribution in [0, 0.1) is 5.82 Å². The van der Waals surface area contributed by atoms with E-state index in [1.54, 1.807) is 24.3 Å². The molecule has 2 rings (SSSR count). The highest BCUT2D eigenvalue weighted by Gasteiger charge is 2.09. The second-order valence-electron chi connectivity index (χ2n) is 4.21. The average molecular weight is 286 g/mol. The van der Waals surface area contributed by atoms with Crippen LogP contribution in [-0.2, 0) is 6.54 Å². The Morgan fingerprint density at radius 3 is 2.90 bits per heavy atom. The fourth-order valence-corrected chi connectivity index (χ4v) is 1.64. The van der Waals surface area contributed by atoms with E-state index in [1.165, 1.54) is 18.3 Å². The van der Waals surface area contributed by atoms with Gasteiger partial charge in [-0.25, -0.2) is 14.4 Å². The first-order chi connectivity index (χ1) is 10.2. The van der Waals surface area contributed by atoms with Gasteiger partial charge in [-0.15, -0.1) is 6.58 Å². The van der Waals surface area contributed by atoms with Gasteiger partial charge in [0, 0.05) is 24.8 Å². The summed E-state index contributed by atoms with van der Waals surface area (Å²) in [5.74, 6) is -0.399. The standard InChI is InChI=1S/C15H15FN4O/c1-2-8-17-15-18-9-7-13(20-15)14(21)19-10-11-5-3-4-6-12(11)16/h2-7,9H,1,8,10H2,(H,19,21)(H,17,18,20). The minimum atomic E-state index is -0.387. The van der Waals surface area contributed by atoms with Crippen molar-refractivity contribution in [3.05, 3.63) is 66.3 Å². The number of amides is 1. The second-order valence-corrected chi connectivity index (χ2v) is 4.21. The molecule has 21 heavy (non-hydrogen) atoms. The van der Waals surface area contributed by atoms with Gasteiger partial charge in [0.2, 0.25) is 5.95 Å². The molecule has 0 aliphatic rings. The maximum absolute atomic E-state index is 13.4. The fraction of sp³-hybridized carbons (Fsp3) is 0.133. The molecular formula is C15H15FN4O. The molecule has 0 spiro atoms. The Bertz CT molecular complexity index is 645. The number of carbonyl (C=O) groups excluding carboxylic acids is 1. The lowest BCUT2D eigenvalue weighted by molar-refractivity contribution is 0.0945. The third-order valence-corrected chi connectivity index (χ3v) is 2.69. The van der Waals surface area contributed by atoms with E-state index >= 15 is 0 Å². The number of hydrogen-bond donors (Lipinski definition) is 2. The van der Waals surface area contributed by atoms with E-state index in [0.29, 0.717) is 18.1 Å². The number of hydrogen-bond acceptors (Lipinski definition) is 4. The highest BCUT2D eigenvalue weighted by molar-refractivity contribution is 5.92. The van der Waals surface area contributed by atoms with Crippen molar-refractivity contribution in [3.8, 4) is 0 Å². The van der Waals surface area contributed by atoms with Crippen molar-refractivity contribution in [2.75, 3.05) is 11.9 Å². The molecule has 0 aliphatic carbocycles. The molecule has 0 radical (unpaired) electrons. The van der Waals surface area contributed by atoms with Crippen LogP contribution < -0.4 is 10.6 Å². The summed E-state index contributed by atoms with van der Waals surface area (Å²) in [6.45, 7) is 4.17. The molecule has 1 amide bonds. The zero-order valence-electron chi connectivity index (χ0n) is 11.3. The van der Waals surface area contributed by atoms with E-state index in [1.807, 2.05) is 0 Å². The van der Waals surface area contributed by atoms with Crippen molar-refractivity contribution in [1.29, 1.82) is 0 Å². The lowest BCUT2D eigenvalue weighted by atomic mass is 10.2. The quantitative estimate of drug-likeness (QED) is 0.798. The van der Waals surface area contributed by atoms with E-state index in [4.69, 9.17) is 0 Å². The third-order valence-electron chi connectivity index (χ3n) is 2.69. The molecule has 0 unspecified atom stereocenters. The molecule has 6 heteroatoms. The maximum atomic E-state index is 13.4. The highest BCUT2D eigenvalue weighted by Crippen LogP contribution is 2.06. The molecule has 0 atom stereocenters. The molecule has 0 bridgehead atoms. The number of carbonyl (C=O) groups is 1. The Labute approximate surface area is 121 Å². The van der Waals surface area contributed by atoms with Crippen molar-refractivity contribution in [2.24, 2.45) is 0 Å². The lowest BCUT2D eigenvalue weighted by Crippen LogP contribution is -2.24. The van der Waals surface area contributed by atoms with Crippen LogP contribution in [-0.4, -0.2) is 22.4 Å². The van der Waals surface area contributed by atoms with Gasteiger partial charge in [-0.05, 0) is 12.1 Å². The Morgan fingerprint density at radius 1 is 1.33 bits per heavy atom. The number of rotatable bonds is 6. The van der Waals surface area contributed by atoms with Gasteiger partial charge in [0.25, 0.3) is 5.91 Å². The summed E-state index contributed by atoms with van der Waals surface area (Å²) < 4.78 is 13.4. The lowest BCUT2D eigenvalue weighted by Gasteiger charge is -2.07. The minimum absolute atomic E-state index is 0.102. The van der Waals surface area contributed by atoms with Gasteiger partial charge in [-0.3, -0.25) is 4.79 Å². The van der Waals surface area contributed by atoms with Gasteiger partial charge >= 0.3 is 0 Å². The molecule has 1 aromatic heterocycles. The van der Waals surface area contributed by atoms with Gasteiger partial charge < -0.3 is 10.6 Å². The summed E-state index contributed by atoms with van der Waals surface area (Å²) >= 11 is 0. The van der Waals surface area contributed by atoms with Gasteiger partial charge in [-0.1, -0.05) is 24.3 Å². The highest BCUT2D eigenvalue weighted by atomic mass is 19.1. The average Bonchev–Trinajstić information content (AvgIpc) is 2.52. The Balaban J connectivity index is 2.00. The van der Waals surface area contributed by atoms with Crippen LogP contribution in [0.15, 0.2) is 49.2 Å². The molecule has 1 aromatic carbocycles. The molecule has 5 nitrogen and oxygen atoms in total. The minimum Gasteiger partial charge on any atom is -0.351 e. The summed E-state index contributed by atoms with van der Waals surface area (Å²) in [5.41, 5.74) is 0.637. The first-order valence-electron chi connectivity index (χ1n) is 6.40. The molecule has 0 aliphatic heterocycles. The molecule has 0 saturated heterocycles. The van der Waals surface area contributed by atoms with Gasteiger partial charge in [0.15, 0.2) is 0 Å². The molecule has 2 aromatic rings. The monoisotopic (exact) mass is 286 g/mol. The zero-order valence-corrected chi connectivity index (χ0v) is 11.3. The first kappa shape index (κ1) is 14.6. The van der Waals surface area contributed by atoms with Gasteiger partial charge in [-0.2, -0.15) is 0 Å². The molecule has 0 saturated carbocycles. The Morgan fingerprint density at radius 2 is 2.14 bits per heavy atom. The topological polar surface area (TPSA) is 66.9 Å². The molecule has 2 N–H and O–H groups in total. The second kappa shape index (κ2) is 7.14. The van der Waals surface area contributed by atoms with Crippen LogP contribution in [0.2, 0.25) is 0 Å². The summed E-state index contributed by atoms with van der Waals surface area (Å²) in [6.07, 6.45) is 3.14. The molecular weight excluding hydrogens is 271 g/mol. The van der Waals surface area contributed by atoms with Gasteiger partial charge in [0.05, 0.1) is 0 Å². The van der Waals surface area contributed by atoms with Crippen molar-refractivity contribution in [2.45, 2.75) is 6.54 Å². The summed E-state index contributed by atoms with van der Waals surface area (Å²) in [5, 5.41) is 5.51. The van der Waals surface area contributed by atoms with Crippen LogP contribution >= 0.6 is 0 Å². The van der Waals surface area contributed by atoms with Crippen LogP contribution in [0.5, 0.6) is 0 Å². The fourth-order valence-electron chi connectivity index (χ4n) is 1.64. The van der Waals surface area contributed by atoms with Crippen molar-refractivity contribution in [3.63, 3.8) is 0 Å². The Hall–Kier alpha value is -2.76. The largest absolute Gasteiger partial charge is 0.351 e. The SMILES string of the molecule is C=CCNc1nccc(C(=O)NCc2ccccc2F)n1. The van der Waals surface area contributed by atoms with E-state index in [2.05, 4.69) is 27.2 Å². The molecule has 108 valence electrons. The summed E-state index contributed by atoms with van der Waals surface area (Å²) in [6, 6.07) is 7.78. The number of nitrogens with one attached hydrogen (secondary N) is 2. The first-order valence-corrected chi connectivity index (χ1v) is 6.40. The summed E-state index contributed by atoms with van der Waals surface area (Å²) in [7, 11) is 0. The zero-order chi connectivity index (χ0) is 15.1. The maximum Gasteiger partial charge on any atom is 0.270 e. The number of benzene rings is 1. The van der Waals surface area contributed by atoms with E-state index in [-0.39, 0.29) is 24.0 Å². The van der Waals surface area contributed by atoms with Crippen molar-refractivity contribution >= 4 is 11.9 Å². The number of halogens is 1. The van der Waals surface area contributed by atoms with Crippen LogP contribution in [0.3, 0.4) is 0 Å². The predicted octanol–water partition coefficient (Wildman–Crippen LogP) is 2.14. The number of anilines is 1. The van der Waals surface area contributed by atoms with E-state index in [0.717, 1.165) is 0 Å². The van der Waals surface area contributed by atoms with Gasteiger partial charge in [0.1, 0.15) is 11.5 Å². The van der Waals surface area contributed by atoms with E-state index < -0.39 is 0 Å². The molecule has 0 fully saturated rings. The van der Waals surface area contributed by atoms with Crippen LogP contribution in [0.4, 0.5) is 10.3 Å². The van der Waals surface area contributed by atoms with Crippen molar-refractivity contribution in [1.82, 2.24) is 15.3 Å². The third kappa shape index (κ3) is 4.10. The number of nitrogens with zero attached hydrogens (tertiary/aromatic N) is 2. The number of aromatic nitrogens is 2. The predicted molar refractivity (Wildman–Crippen MR) is 78.3 cm³/mol. The van der Waals surface area contributed by atoms with E-state index in [9.17, 15) is 9.18 Å². The van der Waals surface area contributed by atoms with Crippen LogP contribution in [0.25, 0.3) is 0 Å². The van der Waals surface area contributed by atoms with Crippen LogP contribution in [0.1, 0.15) is 16.1 Å². The summed E-state index contributed by atoms with van der Waals surface area (Å²) in [4.78, 5) is 20.0.